The van der Waals surface area contributed by atoms with Crippen LogP contribution in [0.2, 0.25) is 0 Å². The fraction of sp³-hybridized carbons (Fsp3) is 0.0870. The highest BCUT2D eigenvalue weighted by Gasteiger charge is 2.26. The fourth-order valence-electron chi connectivity index (χ4n) is 3.06. The lowest BCUT2D eigenvalue weighted by atomic mass is 9.79. The number of ketones is 1. The highest BCUT2D eigenvalue weighted by molar-refractivity contribution is 6.61. The van der Waals surface area contributed by atoms with Crippen LogP contribution in [0.3, 0.4) is 0 Å². The van der Waals surface area contributed by atoms with Crippen molar-refractivity contribution in [2.45, 2.75) is 13.2 Å². The van der Waals surface area contributed by atoms with E-state index in [1.54, 1.807) is 30.3 Å². The van der Waals surface area contributed by atoms with E-state index in [4.69, 9.17) is 9.39 Å². The van der Waals surface area contributed by atoms with Crippen LogP contribution in [0, 0.1) is 0 Å². The molecule has 3 aromatic rings. The summed E-state index contributed by atoms with van der Waals surface area (Å²) in [6, 6.07) is 22.7. The molecule has 4 rings (SSSR count). The van der Waals surface area contributed by atoms with Gasteiger partial charge in [-0.15, -0.1) is 0 Å². The van der Waals surface area contributed by atoms with Crippen LogP contribution in [-0.4, -0.2) is 17.9 Å². The van der Waals surface area contributed by atoms with E-state index in [1.165, 1.54) is 6.08 Å². The molecule has 0 aliphatic carbocycles. The number of ether oxygens (including phenoxy) is 1. The Balaban J connectivity index is 1.38. The lowest BCUT2D eigenvalue weighted by molar-refractivity contribution is 0.104. The van der Waals surface area contributed by atoms with Crippen molar-refractivity contribution in [3.8, 4) is 5.75 Å². The molecule has 1 N–H and O–H groups in total. The number of carbonyl (C=O) groups is 1. The normalized spacial score (nSPS) is 13.0. The van der Waals surface area contributed by atoms with Crippen molar-refractivity contribution < 1.29 is 19.2 Å². The molecule has 0 amide bonds. The van der Waals surface area contributed by atoms with Crippen LogP contribution in [0.25, 0.3) is 6.08 Å². The lowest BCUT2D eigenvalue weighted by Gasteiger charge is -2.06. The van der Waals surface area contributed by atoms with E-state index in [2.05, 4.69) is 0 Å². The molecule has 3 aromatic carbocycles. The minimum Gasteiger partial charge on any atom is -0.489 e. The molecule has 0 saturated carbocycles. The number of rotatable bonds is 6. The Morgan fingerprint density at radius 2 is 1.86 bits per heavy atom. The third-order valence-electron chi connectivity index (χ3n) is 4.65. The Bertz CT molecular complexity index is 997. The second-order valence-electron chi connectivity index (χ2n) is 6.62. The Hall–Kier alpha value is -3.15. The van der Waals surface area contributed by atoms with Gasteiger partial charge in [-0.1, -0.05) is 54.6 Å². The monoisotopic (exact) mass is 370 g/mol. The molecule has 0 spiro atoms. The van der Waals surface area contributed by atoms with Gasteiger partial charge in [0, 0.05) is 5.56 Å². The number of hydrogen-bond acceptors (Lipinski definition) is 4. The van der Waals surface area contributed by atoms with E-state index in [0.29, 0.717) is 18.8 Å². The molecule has 0 radical (unpaired) electrons. The van der Waals surface area contributed by atoms with Crippen LogP contribution in [0.5, 0.6) is 5.75 Å². The average molecular weight is 370 g/mol. The molecule has 138 valence electrons. The highest BCUT2D eigenvalue weighted by atomic mass is 16.5. The van der Waals surface area contributed by atoms with Crippen molar-refractivity contribution in [3.05, 3.63) is 101 Å². The van der Waals surface area contributed by atoms with E-state index < -0.39 is 7.12 Å². The summed E-state index contributed by atoms with van der Waals surface area (Å²) in [4.78, 5) is 12.4. The molecule has 0 saturated heterocycles. The first kappa shape index (κ1) is 18.2. The molecule has 28 heavy (non-hydrogen) atoms. The van der Waals surface area contributed by atoms with Gasteiger partial charge in [0.2, 0.25) is 0 Å². The first-order valence-electron chi connectivity index (χ1n) is 9.11. The van der Waals surface area contributed by atoms with Crippen molar-refractivity contribution in [1.29, 1.82) is 0 Å². The summed E-state index contributed by atoms with van der Waals surface area (Å²) in [5.41, 5.74) is 4.26. The van der Waals surface area contributed by atoms with Crippen LogP contribution in [-0.2, 0) is 17.9 Å². The molecular formula is C23H19BO4. The first-order chi connectivity index (χ1) is 13.7. The zero-order valence-corrected chi connectivity index (χ0v) is 15.2. The summed E-state index contributed by atoms with van der Waals surface area (Å²) >= 11 is 0. The van der Waals surface area contributed by atoms with Crippen LogP contribution >= 0.6 is 0 Å². The maximum absolute atomic E-state index is 12.4. The predicted octanol–water partition coefficient (Wildman–Crippen LogP) is 3.38. The highest BCUT2D eigenvalue weighted by Crippen LogP contribution is 2.16. The largest absolute Gasteiger partial charge is 0.491 e. The molecule has 1 aliphatic heterocycles. The molecule has 1 heterocycles. The third-order valence-corrected chi connectivity index (χ3v) is 4.65. The summed E-state index contributed by atoms with van der Waals surface area (Å²) in [7, 11) is -0.887. The molecule has 1 aliphatic rings. The van der Waals surface area contributed by atoms with Crippen LogP contribution in [0.1, 0.15) is 27.0 Å². The van der Waals surface area contributed by atoms with Gasteiger partial charge in [0.1, 0.15) is 12.4 Å². The smallest absolute Gasteiger partial charge is 0.489 e. The predicted molar refractivity (Wildman–Crippen MR) is 109 cm³/mol. The van der Waals surface area contributed by atoms with Gasteiger partial charge < -0.3 is 14.4 Å². The van der Waals surface area contributed by atoms with Gasteiger partial charge in [-0.2, -0.15) is 0 Å². The second kappa shape index (κ2) is 8.25. The maximum Gasteiger partial charge on any atom is 0.491 e. The number of hydrogen-bond donors (Lipinski definition) is 1. The van der Waals surface area contributed by atoms with Crippen LogP contribution < -0.4 is 10.2 Å². The van der Waals surface area contributed by atoms with Gasteiger partial charge in [-0.25, -0.2) is 0 Å². The number of fused-ring (bicyclic) bond motifs is 1. The van der Waals surface area contributed by atoms with Crippen LogP contribution in [0.15, 0.2) is 78.9 Å². The summed E-state index contributed by atoms with van der Waals surface area (Å²) in [5.74, 6) is 0.629. The van der Waals surface area contributed by atoms with E-state index in [1.807, 2.05) is 48.5 Å². The van der Waals surface area contributed by atoms with E-state index in [0.717, 1.165) is 27.9 Å². The van der Waals surface area contributed by atoms with Crippen molar-refractivity contribution in [1.82, 2.24) is 0 Å². The number of carbonyl (C=O) groups excluding carboxylic acids is 1. The van der Waals surface area contributed by atoms with Crippen molar-refractivity contribution in [3.63, 3.8) is 0 Å². The van der Waals surface area contributed by atoms with Gasteiger partial charge >= 0.3 is 7.12 Å². The Morgan fingerprint density at radius 1 is 1.07 bits per heavy atom. The van der Waals surface area contributed by atoms with Crippen LogP contribution in [0.4, 0.5) is 0 Å². The topological polar surface area (TPSA) is 55.8 Å². The average Bonchev–Trinajstić information content (AvgIpc) is 3.12. The Kier molecular flexibility index (Phi) is 5.37. The minimum absolute atomic E-state index is 0.0908. The number of benzene rings is 3. The molecule has 4 nitrogen and oxygen atoms in total. The summed E-state index contributed by atoms with van der Waals surface area (Å²) in [5, 5.41) is 9.78. The van der Waals surface area contributed by atoms with Crippen molar-refractivity contribution in [2.75, 3.05) is 0 Å². The van der Waals surface area contributed by atoms with Crippen molar-refractivity contribution in [2.24, 2.45) is 0 Å². The van der Waals surface area contributed by atoms with E-state index in [9.17, 15) is 9.82 Å². The summed E-state index contributed by atoms with van der Waals surface area (Å²) in [6.07, 6.45) is 3.28. The lowest BCUT2D eigenvalue weighted by Crippen LogP contribution is -2.28. The molecule has 0 fully saturated rings. The standard InChI is InChI=1S/C23H19BO4/c25-23(13-7-17-6-8-20-16-28-24(26)22(20)14-17)19-9-11-21(12-10-19)27-15-18-4-2-1-3-5-18/h1-14,26H,15-16H2/b13-7+. The molecule has 0 unspecified atom stereocenters. The van der Waals surface area contributed by atoms with Gasteiger partial charge in [0.15, 0.2) is 5.78 Å². The first-order valence-corrected chi connectivity index (χ1v) is 9.11. The number of allylic oxidation sites excluding steroid dienone is 1. The quantitative estimate of drug-likeness (QED) is 0.411. The van der Waals surface area contributed by atoms with Gasteiger partial charge in [-0.3, -0.25) is 4.79 Å². The van der Waals surface area contributed by atoms with Gasteiger partial charge in [0.05, 0.1) is 6.61 Å². The molecule has 0 aromatic heterocycles. The summed E-state index contributed by atoms with van der Waals surface area (Å²) in [6.45, 7) is 0.903. The zero-order valence-electron chi connectivity index (χ0n) is 15.2. The SMILES string of the molecule is O=C(/C=C/c1ccc2c(c1)B(O)OC2)c1ccc(OCc2ccccc2)cc1. The maximum atomic E-state index is 12.4. The van der Waals surface area contributed by atoms with E-state index >= 15 is 0 Å². The molecule has 5 heteroatoms. The minimum atomic E-state index is -0.887. The van der Waals surface area contributed by atoms with Gasteiger partial charge in [-0.05, 0) is 52.5 Å². The fourth-order valence-corrected chi connectivity index (χ4v) is 3.06. The van der Waals surface area contributed by atoms with E-state index in [-0.39, 0.29) is 5.78 Å². The Morgan fingerprint density at radius 3 is 2.64 bits per heavy atom. The van der Waals surface area contributed by atoms with Crippen molar-refractivity contribution >= 4 is 24.4 Å². The second-order valence-corrected chi connectivity index (χ2v) is 6.62. The summed E-state index contributed by atoms with van der Waals surface area (Å²) < 4.78 is 10.9. The van der Waals surface area contributed by atoms with Gasteiger partial charge in [0.25, 0.3) is 0 Å². The third kappa shape index (κ3) is 4.22. The molecule has 0 bridgehead atoms. The Labute approximate surface area is 164 Å². The molecule has 0 atom stereocenters. The zero-order chi connectivity index (χ0) is 19.3. The molecular weight excluding hydrogens is 351 g/mol.